The second kappa shape index (κ2) is 18.3. The molecule has 0 N–H and O–H groups in total. The molecule has 0 atom stereocenters. The van der Waals surface area contributed by atoms with Gasteiger partial charge in [-0.25, -0.2) is 0 Å². The highest BCUT2D eigenvalue weighted by atomic mass is 14.9. The molecule has 4 heterocycles. The quantitative estimate of drug-likeness (QED) is 0.157. The molecule has 0 bridgehead atoms. The maximum Gasteiger partial charge on any atom is 0.0634 e. The Hall–Kier alpha value is -8.98. The zero-order chi connectivity index (χ0) is 57.9. The van der Waals surface area contributed by atoms with E-state index in [-0.39, 0.29) is 21.7 Å². The monoisotopic (exact) mass is 1080 g/mol. The lowest BCUT2D eigenvalue weighted by molar-refractivity contribution is 0.590. The Bertz CT molecular complexity index is 4650. The van der Waals surface area contributed by atoms with Crippen LogP contribution in [-0.2, 0) is 21.7 Å². The summed E-state index contributed by atoms with van der Waals surface area (Å²) in [5, 5.41) is 10.5. The zero-order valence-corrected chi connectivity index (χ0v) is 50.7. The van der Waals surface area contributed by atoms with Crippen molar-refractivity contribution < 1.29 is 0 Å². The van der Waals surface area contributed by atoms with Gasteiger partial charge in [0.05, 0.1) is 33.1 Å². The average molecular weight is 1090 g/mol. The molecule has 15 rings (SSSR count). The Morgan fingerprint density at radius 1 is 0.226 bits per heavy atom. The molecule has 0 fully saturated rings. The van der Waals surface area contributed by atoms with E-state index in [1.807, 2.05) is 0 Å². The number of nitrogens with zero attached hydrogens (tertiary/aromatic N) is 2. The van der Waals surface area contributed by atoms with Crippen LogP contribution in [0.4, 0.5) is 0 Å². The van der Waals surface area contributed by atoms with Gasteiger partial charge in [0.15, 0.2) is 0 Å². The van der Waals surface area contributed by atoms with Gasteiger partial charge in [-0.3, -0.25) is 0 Å². The molecule has 0 saturated heterocycles. The first-order valence-electron chi connectivity index (χ1n) is 30.2. The summed E-state index contributed by atoms with van der Waals surface area (Å²) >= 11 is 0. The lowest BCUT2D eigenvalue weighted by Gasteiger charge is -2.25. The Morgan fingerprint density at radius 3 is 0.798 bits per heavy atom. The van der Waals surface area contributed by atoms with Gasteiger partial charge in [0, 0.05) is 43.1 Å². The number of benzene rings is 11. The third-order valence-corrected chi connectivity index (χ3v) is 18.6. The maximum atomic E-state index is 2.66. The van der Waals surface area contributed by atoms with Crippen LogP contribution in [0.5, 0.6) is 0 Å². The Morgan fingerprint density at radius 2 is 0.512 bits per heavy atom. The van der Waals surface area contributed by atoms with Crippen molar-refractivity contribution in [2.45, 2.75) is 105 Å². The van der Waals surface area contributed by atoms with E-state index in [1.54, 1.807) is 0 Å². The number of hydrogen-bond donors (Lipinski definition) is 0. The van der Waals surface area contributed by atoms with Crippen molar-refractivity contribution >= 4 is 76.2 Å². The van der Waals surface area contributed by atoms with Crippen molar-refractivity contribution in [1.29, 1.82) is 0 Å². The summed E-state index contributed by atoms with van der Waals surface area (Å²) in [5.41, 5.74) is 27.4. The zero-order valence-electron chi connectivity index (χ0n) is 50.7. The van der Waals surface area contributed by atoms with Crippen LogP contribution in [0, 0.1) is 0 Å². The average Bonchev–Trinajstić information content (AvgIpc) is 1.51. The van der Waals surface area contributed by atoms with Crippen LogP contribution in [0.25, 0.3) is 143 Å². The fraction of sp³-hybridized carbons (Fsp3) is 0.195. The molecular weight excluding hydrogens is 1010 g/mol. The van der Waals surface area contributed by atoms with Crippen molar-refractivity contribution in [3.05, 3.63) is 241 Å². The fourth-order valence-corrected chi connectivity index (χ4v) is 14.1. The second-order valence-electron chi connectivity index (χ2n) is 28.2. The minimum Gasteiger partial charge on any atom is -0.308 e. The van der Waals surface area contributed by atoms with E-state index in [1.165, 1.54) is 165 Å². The van der Waals surface area contributed by atoms with Gasteiger partial charge in [-0.05, 0) is 171 Å². The molecule has 4 aromatic heterocycles. The highest BCUT2D eigenvalue weighted by Gasteiger charge is 2.32. The molecule has 0 aliphatic carbocycles. The molecule has 410 valence electrons. The predicted octanol–water partition coefficient (Wildman–Crippen LogP) is 23.2. The van der Waals surface area contributed by atoms with E-state index < -0.39 is 0 Å². The van der Waals surface area contributed by atoms with E-state index in [9.17, 15) is 0 Å². The Labute approximate surface area is 494 Å². The Balaban J connectivity index is 1.11. The Kier molecular flexibility index (Phi) is 11.3. The highest BCUT2D eigenvalue weighted by Crippen LogP contribution is 2.55. The summed E-state index contributed by atoms with van der Waals surface area (Å²) < 4.78 is 5.32. The first-order valence-corrected chi connectivity index (χ1v) is 30.2. The van der Waals surface area contributed by atoms with E-state index in [0.29, 0.717) is 0 Å². The standard InChI is InChI=1S/C82H72N2/c1-79(2,3)55-35-39-67-65(43-55)75-73-59-37-33-54(72-63(51-29-21-15-22-30-51)47-58(82(10,11)12)48-64(72)52-31-23-16-24-32-52)42-70(59)84-68-40-36-56(80(4,5)6)44-66(68)76(78(73)84)74-60-38-34-53(41-69(60)83(67)77(74)75)71-61(49-25-17-13-18-26-49)45-57(81(7,8)9)46-62(71)50-27-19-14-20-28-50/h13-48H,1-12H3. The number of rotatable bonds is 6. The first kappa shape index (κ1) is 51.9. The van der Waals surface area contributed by atoms with Crippen LogP contribution in [0.3, 0.4) is 0 Å². The number of hydrogen-bond acceptors (Lipinski definition) is 0. The number of fused-ring (bicyclic) bond motifs is 14. The summed E-state index contributed by atoms with van der Waals surface area (Å²) in [4.78, 5) is 0. The molecule has 0 aliphatic rings. The molecule has 0 unspecified atom stereocenters. The summed E-state index contributed by atoms with van der Waals surface area (Å²) in [5.74, 6) is 0. The molecule has 0 saturated carbocycles. The van der Waals surface area contributed by atoms with Crippen LogP contribution in [0.1, 0.15) is 105 Å². The van der Waals surface area contributed by atoms with Crippen molar-refractivity contribution in [1.82, 2.24) is 8.80 Å². The molecule has 2 nitrogen and oxygen atoms in total. The van der Waals surface area contributed by atoms with Crippen LogP contribution in [0.2, 0.25) is 0 Å². The van der Waals surface area contributed by atoms with Crippen LogP contribution in [-0.4, -0.2) is 8.80 Å². The lowest BCUT2D eigenvalue weighted by atomic mass is 9.79. The summed E-state index contributed by atoms with van der Waals surface area (Å²) in [6.07, 6.45) is 0. The maximum absolute atomic E-state index is 2.66. The largest absolute Gasteiger partial charge is 0.308 e. The lowest BCUT2D eigenvalue weighted by Crippen LogP contribution is -2.12. The third-order valence-electron chi connectivity index (χ3n) is 18.6. The third kappa shape index (κ3) is 7.90. The van der Waals surface area contributed by atoms with E-state index in [2.05, 4.69) is 310 Å². The minimum absolute atomic E-state index is 0.0630. The van der Waals surface area contributed by atoms with E-state index >= 15 is 0 Å². The predicted molar refractivity (Wildman–Crippen MR) is 363 cm³/mol. The van der Waals surface area contributed by atoms with Crippen molar-refractivity contribution in [2.75, 3.05) is 0 Å². The normalized spacial score (nSPS) is 13.0. The van der Waals surface area contributed by atoms with Gasteiger partial charge in [0.25, 0.3) is 0 Å². The molecule has 2 heteroatoms. The van der Waals surface area contributed by atoms with Gasteiger partial charge in [0.2, 0.25) is 0 Å². The summed E-state index contributed by atoms with van der Waals surface area (Å²) in [6.45, 7) is 28.1. The van der Waals surface area contributed by atoms with Gasteiger partial charge in [-0.2, -0.15) is 0 Å². The van der Waals surface area contributed by atoms with E-state index in [4.69, 9.17) is 0 Å². The fourth-order valence-electron chi connectivity index (χ4n) is 14.1. The molecule has 0 amide bonds. The van der Waals surface area contributed by atoms with Gasteiger partial charge >= 0.3 is 0 Å². The second-order valence-corrected chi connectivity index (χ2v) is 28.2. The smallest absolute Gasteiger partial charge is 0.0634 e. The van der Waals surface area contributed by atoms with E-state index in [0.717, 1.165) is 0 Å². The molecule has 11 aromatic carbocycles. The molecule has 15 aromatic rings. The first-order chi connectivity index (χ1) is 40.2. The minimum atomic E-state index is -0.0685. The number of aromatic nitrogens is 2. The van der Waals surface area contributed by atoms with Gasteiger partial charge < -0.3 is 8.80 Å². The van der Waals surface area contributed by atoms with Crippen LogP contribution >= 0.6 is 0 Å². The topological polar surface area (TPSA) is 8.82 Å². The summed E-state index contributed by atoms with van der Waals surface area (Å²) in [7, 11) is 0. The molecular formula is C82H72N2. The SMILES string of the molecule is CC(C)(C)c1cc(-c2ccccc2)c(-c2ccc3c4c5c6cc(C(C)(C)C)ccc6n6c7cc(-c8c(-c9ccccc9)cc(C(C)(C)C)cc8-c8ccccc8)ccc7c(c7c8cc(C(C)(C)C)ccc8n(c3c2)c74)c56)c(-c2ccccc2)c1. The van der Waals surface area contributed by atoms with Gasteiger partial charge in [0.1, 0.15) is 0 Å². The summed E-state index contributed by atoms with van der Waals surface area (Å²) in [6, 6.07) is 83.7. The highest BCUT2D eigenvalue weighted by molar-refractivity contribution is 6.45. The van der Waals surface area contributed by atoms with Crippen LogP contribution < -0.4 is 0 Å². The molecule has 0 radical (unpaired) electrons. The molecule has 0 aliphatic heterocycles. The van der Waals surface area contributed by atoms with Crippen molar-refractivity contribution in [3.63, 3.8) is 0 Å². The van der Waals surface area contributed by atoms with Crippen LogP contribution in [0.15, 0.2) is 218 Å². The van der Waals surface area contributed by atoms with Crippen molar-refractivity contribution in [3.8, 4) is 66.8 Å². The van der Waals surface area contributed by atoms with Crippen molar-refractivity contribution in [2.24, 2.45) is 0 Å². The van der Waals surface area contributed by atoms with Gasteiger partial charge in [-0.15, -0.1) is 0 Å². The van der Waals surface area contributed by atoms with Gasteiger partial charge in [-0.1, -0.05) is 241 Å². The molecule has 84 heavy (non-hydrogen) atoms. The molecule has 0 spiro atoms.